The molecule has 1 heterocycles. The van der Waals surface area contributed by atoms with Gasteiger partial charge in [-0.15, -0.1) is 0 Å². The number of hydrogen-bond donors (Lipinski definition) is 0. The standard InChI is InChI=1S/C17H16O3S/c1-11-4-7-14(8-5-11)21(18,19)17-13(3)20-16-9-6-12(2)10-15(16)17/h4-10H,1-3H3. The maximum atomic E-state index is 12.9. The molecule has 0 radical (unpaired) electrons. The van der Waals surface area contributed by atoms with Gasteiger partial charge in [-0.1, -0.05) is 29.3 Å². The Bertz CT molecular complexity index is 917. The molecule has 0 aliphatic rings. The first kappa shape index (κ1) is 13.9. The summed E-state index contributed by atoms with van der Waals surface area (Å²) in [6, 6.07) is 12.5. The Hall–Kier alpha value is -2.07. The van der Waals surface area contributed by atoms with Gasteiger partial charge in [0, 0.05) is 5.39 Å². The minimum atomic E-state index is -3.58. The zero-order chi connectivity index (χ0) is 15.2. The van der Waals surface area contributed by atoms with Gasteiger partial charge < -0.3 is 4.42 Å². The minimum Gasteiger partial charge on any atom is -0.460 e. The fourth-order valence-electron chi connectivity index (χ4n) is 2.48. The molecule has 4 heteroatoms. The first-order valence-corrected chi connectivity index (χ1v) is 8.19. The first-order valence-electron chi connectivity index (χ1n) is 6.71. The molecule has 0 N–H and O–H groups in total. The van der Waals surface area contributed by atoms with E-state index in [0.717, 1.165) is 11.1 Å². The van der Waals surface area contributed by atoms with Gasteiger partial charge >= 0.3 is 0 Å². The highest BCUT2D eigenvalue weighted by Crippen LogP contribution is 2.34. The van der Waals surface area contributed by atoms with Crippen molar-refractivity contribution < 1.29 is 12.8 Å². The summed E-state index contributed by atoms with van der Waals surface area (Å²) in [4.78, 5) is 0.561. The van der Waals surface area contributed by atoms with Crippen LogP contribution < -0.4 is 0 Å². The molecule has 1 aromatic heterocycles. The van der Waals surface area contributed by atoms with Crippen molar-refractivity contribution in [2.75, 3.05) is 0 Å². The van der Waals surface area contributed by atoms with E-state index in [0.29, 0.717) is 21.6 Å². The molecule has 2 aromatic carbocycles. The van der Waals surface area contributed by atoms with Gasteiger partial charge in [-0.3, -0.25) is 0 Å². The second kappa shape index (κ2) is 4.74. The maximum absolute atomic E-state index is 12.9. The van der Waals surface area contributed by atoms with Crippen LogP contribution in [0.5, 0.6) is 0 Å². The molecular weight excluding hydrogens is 284 g/mol. The fraction of sp³-hybridized carbons (Fsp3) is 0.176. The van der Waals surface area contributed by atoms with Crippen LogP contribution in [0.15, 0.2) is 56.7 Å². The third-order valence-electron chi connectivity index (χ3n) is 3.56. The Morgan fingerprint density at radius 2 is 1.48 bits per heavy atom. The van der Waals surface area contributed by atoms with Crippen molar-refractivity contribution in [2.24, 2.45) is 0 Å². The zero-order valence-corrected chi connectivity index (χ0v) is 13.0. The number of sulfone groups is 1. The van der Waals surface area contributed by atoms with Crippen molar-refractivity contribution >= 4 is 20.8 Å². The predicted octanol–water partition coefficient (Wildman–Crippen LogP) is 4.19. The third kappa shape index (κ3) is 2.25. The smallest absolute Gasteiger partial charge is 0.210 e. The molecule has 0 spiro atoms. The van der Waals surface area contributed by atoms with E-state index in [4.69, 9.17) is 4.42 Å². The lowest BCUT2D eigenvalue weighted by Crippen LogP contribution is -2.02. The molecule has 0 bridgehead atoms. The van der Waals surface area contributed by atoms with Gasteiger partial charge in [0.1, 0.15) is 16.2 Å². The largest absolute Gasteiger partial charge is 0.460 e. The zero-order valence-electron chi connectivity index (χ0n) is 12.2. The molecule has 0 unspecified atom stereocenters. The average molecular weight is 300 g/mol. The van der Waals surface area contributed by atoms with Gasteiger partial charge in [0.2, 0.25) is 9.84 Å². The predicted molar refractivity (Wildman–Crippen MR) is 82.3 cm³/mol. The van der Waals surface area contributed by atoms with Gasteiger partial charge in [-0.25, -0.2) is 8.42 Å². The highest BCUT2D eigenvalue weighted by Gasteiger charge is 2.26. The molecule has 0 aliphatic heterocycles. The molecule has 108 valence electrons. The number of furan rings is 1. The average Bonchev–Trinajstić information content (AvgIpc) is 2.75. The van der Waals surface area contributed by atoms with Crippen LogP contribution in [-0.2, 0) is 9.84 Å². The van der Waals surface area contributed by atoms with E-state index in [1.54, 1.807) is 31.2 Å². The SMILES string of the molecule is Cc1ccc(S(=O)(=O)c2c(C)oc3ccc(C)cc23)cc1. The first-order chi connectivity index (χ1) is 9.89. The summed E-state index contributed by atoms with van der Waals surface area (Å²) in [6.07, 6.45) is 0. The quantitative estimate of drug-likeness (QED) is 0.713. The van der Waals surface area contributed by atoms with E-state index in [9.17, 15) is 8.42 Å². The molecule has 3 nitrogen and oxygen atoms in total. The van der Waals surface area contributed by atoms with Crippen molar-refractivity contribution in [2.45, 2.75) is 30.6 Å². The lowest BCUT2D eigenvalue weighted by atomic mass is 10.2. The number of rotatable bonds is 2. The van der Waals surface area contributed by atoms with E-state index < -0.39 is 9.84 Å². The molecule has 3 rings (SSSR count). The summed E-state index contributed by atoms with van der Waals surface area (Å²) >= 11 is 0. The Balaban J connectivity index is 2.30. The van der Waals surface area contributed by atoms with E-state index >= 15 is 0 Å². The van der Waals surface area contributed by atoms with Gasteiger partial charge in [0.25, 0.3) is 0 Å². The molecule has 0 atom stereocenters. The van der Waals surface area contributed by atoms with Crippen LogP contribution in [0, 0.1) is 20.8 Å². The van der Waals surface area contributed by atoms with Crippen LogP contribution in [0.1, 0.15) is 16.9 Å². The summed E-state index contributed by atoms with van der Waals surface area (Å²) < 4.78 is 31.4. The molecular formula is C17H16O3S. The molecule has 0 saturated heterocycles. The maximum Gasteiger partial charge on any atom is 0.210 e. The van der Waals surface area contributed by atoms with Crippen molar-refractivity contribution in [1.82, 2.24) is 0 Å². The highest BCUT2D eigenvalue weighted by molar-refractivity contribution is 7.91. The topological polar surface area (TPSA) is 47.3 Å². The number of aryl methyl sites for hydroxylation is 3. The van der Waals surface area contributed by atoms with Crippen molar-refractivity contribution in [3.05, 3.63) is 59.4 Å². The van der Waals surface area contributed by atoms with E-state index in [2.05, 4.69) is 0 Å². The van der Waals surface area contributed by atoms with Crippen LogP contribution in [-0.4, -0.2) is 8.42 Å². The van der Waals surface area contributed by atoms with Crippen LogP contribution in [0.4, 0.5) is 0 Å². The van der Waals surface area contributed by atoms with Crippen LogP contribution in [0.2, 0.25) is 0 Å². The summed E-state index contributed by atoms with van der Waals surface area (Å²) in [7, 11) is -3.58. The van der Waals surface area contributed by atoms with Crippen LogP contribution >= 0.6 is 0 Å². The van der Waals surface area contributed by atoms with E-state index in [-0.39, 0.29) is 4.90 Å². The monoisotopic (exact) mass is 300 g/mol. The summed E-state index contributed by atoms with van der Waals surface area (Å²) in [5.74, 6) is 0.427. The van der Waals surface area contributed by atoms with Crippen LogP contribution in [0.3, 0.4) is 0 Å². The van der Waals surface area contributed by atoms with Gasteiger partial charge in [-0.05, 0) is 45.0 Å². The fourth-order valence-corrected chi connectivity index (χ4v) is 4.08. The number of benzene rings is 2. The molecule has 0 fully saturated rings. The van der Waals surface area contributed by atoms with Gasteiger partial charge in [0.15, 0.2) is 0 Å². The normalized spacial score (nSPS) is 12.0. The third-order valence-corrected chi connectivity index (χ3v) is 5.50. The Kier molecular flexibility index (Phi) is 3.14. The second-order valence-electron chi connectivity index (χ2n) is 5.30. The minimum absolute atomic E-state index is 0.269. The van der Waals surface area contributed by atoms with Crippen molar-refractivity contribution in [3.63, 3.8) is 0 Å². The Morgan fingerprint density at radius 1 is 0.857 bits per heavy atom. The Labute approximate surface area is 124 Å². The lowest BCUT2D eigenvalue weighted by molar-refractivity contribution is 0.557. The van der Waals surface area contributed by atoms with E-state index in [1.807, 2.05) is 32.0 Å². The highest BCUT2D eigenvalue weighted by atomic mass is 32.2. The summed E-state index contributed by atoms with van der Waals surface area (Å²) in [5.41, 5.74) is 2.63. The molecule has 0 amide bonds. The van der Waals surface area contributed by atoms with Gasteiger partial charge in [-0.2, -0.15) is 0 Å². The lowest BCUT2D eigenvalue weighted by Gasteiger charge is -2.04. The summed E-state index contributed by atoms with van der Waals surface area (Å²) in [5, 5.41) is 0.646. The summed E-state index contributed by atoms with van der Waals surface area (Å²) in [6.45, 7) is 5.55. The van der Waals surface area contributed by atoms with Crippen molar-refractivity contribution in [3.8, 4) is 0 Å². The van der Waals surface area contributed by atoms with Crippen LogP contribution in [0.25, 0.3) is 11.0 Å². The molecule has 21 heavy (non-hydrogen) atoms. The second-order valence-corrected chi connectivity index (χ2v) is 7.19. The Morgan fingerprint density at radius 3 is 2.14 bits per heavy atom. The van der Waals surface area contributed by atoms with Crippen molar-refractivity contribution in [1.29, 1.82) is 0 Å². The molecule has 3 aromatic rings. The molecule has 0 aliphatic carbocycles. The molecule has 0 saturated carbocycles. The van der Waals surface area contributed by atoms with E-state index in [1.165, 1.54) is 0 Å². The number of hydrogen-bond acceptors (Lipinski definition) is 3. The number of fused-ring (bicyclic) bond motifs is 1. The van der Waals surface area contributed by atoms with Gasteiger partial charge in [0.05, 0.1) is 4.90 Å².